The van der Waals surface area contributed by atoms with Crippen molar-refractivity contribution in [2.45, 2.75) is 4.90 Å². The molecule has 1 aliphatic heterocycles. The van der Waals surface area contributed by atoms with Crippen molar-refractivity contribution in [3.05, 3.63) is 53.8 Å². The number of hydrogen-bond donors (Lipinski definition) is 0. The smallest absolute Gasteiger partial charge is 0.258 e. The second-order valence-electron chi connectivity index (χ2n) is 6.22. The Morgan fingerprint density at radius 3 is 2.39 bits per heavy atom. The third-order valence-electron chi connectivity index (χ3n) is 4.52. The Kier molecular flexibility index (Phi) is 5.97. The van der Waals surface area contributed by atoms with Gasteiger partial charge in [-0.3, -0.25) is 4.79 Å². The van der Waals surface area contributed by atoms with Gasteiger partial charge in [0.2, 0.25) is 10.0 Å². The van der Waals surface area contributed by atoms with Crippen molar-refractivity contribution < 1.29 is 27.1 Å². The number of sulfonamides is 1. The number of carbonyl (C=O) groups is 1. The second kappa shape index (κ2) is 8.26. The number of methoxy groups -OCH3 is 1. The molecule has 1 aliphatic rings. The summed E-state index contributed by atoms with van der Waals surface area (Å²) in [6.45, 7) is 1.10. The van der Waals surface area contributed by atoms with E-state index in [1.165, 1.54) is 65.8 Å². The van der Waals surface area contributed by atoms with Crippen LogP contribution in [0.2, 0.25) is 0 Å². The van der Waals surface area contributed by atoms with Gasteiger partial charge in [0.15, 0.2) is 0 Å². The zero-order valence-corrected chi connectivity index (χ0v) is 16.4. The molecule has 0 N–H and O–H groups in total. The molecule has 1 saturated heterocycles. The van der Waals surface area contributed by atoms with Crippen LogP contribution in [-0.4, -0.2) is 59.1 Å². The van der Waals surface area contributed by atoms with E-state index in [0.717, 1.165) is 0 Å². The Labute approximate surface area is 163 Å². The Balaban J connectivity index is 1.96. The second-order valence-corrected chi connectivity index (χ2v) is 8.13. The normalized spacial score (nSPS) is 15.2. The molecule has 0 unspecified atom stereocenters. The molecular formula is C19H21FN2O5S. The molecule has 2 aromatic rings. The molecular weight excluding hydrogens is 387 g/mol. The van der Waals surface area contributed by atoms with Crippen LogP contribution in [0.5, 0.6) is 5.75 Å². The maximum atomic E-state index is 13.1. The lowest BCUT2D eigenvalue weighted by Crippen LogP contribution is -2.40. The molecule has 3 rings (SSSR count). The van der Waals surface area contributed by atoms with E-state index in [1.54, 1.807) is 0 Å². The average Bonchev–Trinajstić information content (AvgIpc) is 2.73. The van der Waals surface area contributed by atoms with E-state index in [-0.39, 0.29) is 29.3 Å². The van der Waals surface area contributed by atoms with E-state index in [9.17, 15) is 17.6 Å². The molecule has 1 amide bonds. The van der Waals surface area contributed by atoms with Crippen molar-refractivity contribution in [1.29, 1.82) is 0 Å². The lowest BCUT2D eigenvalue weighted by atomic mass is 10.1. The van der Waals surface area contributed by atoms with Gasteiger partial charge in [0.05, 0.1) is 20.3 Å². The summed E-state index contributed by atoms with van der Waals surface area (Å²) in [5.41, 5.74) is 0.666. The largest absolute Gasteiger partial charge is 0.495 e. The Bertz CT molecular complexity index is 957. The summed E-state index contributed by atoms with van der Waals surface area (Å²) in [6, 6.07) is 9.72. The zero-order chi connectivity index (χ0) is 20.3. The number of amides is 1. The molecule has 1 heterocycles. The van der Waals surface area contributed by atoms with Crippen LogP contribution in [-0.2, 0) is 14.8 Å². The fourth-order valence-corrected chi connectivity index (χ4v) is 4.50. The van der Waals surface area contributed by atoms with E-state index >= 15 is 0 Å². The highest BCUT2D eigenvalue weighted by Gasteiger charge is 2.30. The molecule has 0 atom stereocenters. The van der Waals surface area contributed by atoms with Crippen LogP contribution < -0.4 is 9.64 Å². The minimum atomic E-state index is -3.85. The van der Waals surface area contributed by atoms with Gasteiger partial charge in [-0.15, -0.1) is 0 Å². The summed E-state index contributed by atoms with van der Waals surface area (Å²) in [5.74, 6) is -0.673. The van der Waals surface area contributed by atoms with E-state index < -0.39 is 21.7 Å². The van der Waals surface area contributed by atoms with Crippen molar-refractivity contribution in [3.63, 3.8) is 0 Å². The van der Waals surface area contributed by atoms with E-state index in [4.69, 9.17) is 9.47 Å². The molecule has 2 aromatic carbocycles. The first-order chi connectivity index (χ1) is 13.3. The Hall–Kier alpha value is -2.49. The number of hydrogen-bond acceptors (Lipinski definition) is 5. The summed E-state index contributed by atoms with van der Waals surface area (Å²) in [5, 5.41) is 0. The number of carbonyl (C=O) groups excluding carboxylic acids is 1. The monoisotopic (exact) mass is 408 g/mol. The summed E-state index contributed by atoms with van der Waals surface area (Å²) in [7, 11) is -0.936. The zero-order valence-electron chi connectivity index (χ0n) is 15.6. The van der Waals surface area contributed by atoms with Crippen molar-refractivity contribution >= 4 is 21.6 Å². The predicted octanol–water partition coefficient (Wildman–Crippen LogP) is 2.13. The Morgan fingerprint density at radius 2 is 1.79 bits per heavy atom. The number of rotatable bonds is 5. The highest BCUT2D eigenvalue weighted by atomic mass is 32.2. The molecule has 0 radical (unpaired) electrons. The average molecular weight is 408 g/mol. The SMILES string of the molecule is COc1ccc(C(=O)N(C)c2ccc(F)cc2)cc1S(=O)(=O)N1CCOCC1. The van der Waals surface area contributed by atoms with Gasteiger partial charge in [-0.1, -0.05) is 0 Å². The fourth-order valence-electron chi connectivity index (χ4n) is 2.91. The standard InChI is InChI=1S/C19H21FN2O5S/c1-21(16-6-4-15(20)5-7-16)19(23)14-3-8-17(26-2)18(13-14)28(24,25)22-9-11-27-12-10-22/h3-8,13H,9-12H2,1-2H3. The fraction of sp³-hybridized carbons (Fsp3) is 0.316. The maximum absolute atomic E-state index is 13.1. The summed E-state index contributed by atoms with van der Waals surface area (Å²) in [6.07, 6.45) is 0. The van der Waals surface area contributed by atoms with E-state index in [0.29, 0.717) is 18.9 Å². The third-order valence-corrected chi connectivity index (χ3v) is 6.44. The summed E-state index contributed by atoms with van der Waals surface area (Å²) in [4.78, 5) is 14.1. The minimum Gasteiger partial charge on any atom is -0.495 e. The van der Waals surface area contributed by atoms with Crippen molar-refractivity contribution in [3.8, 4) is 5.75 Å². The first-order valence-electron chi connectivity index (χ1n) is 8.64. The van der Waals surface area contributed by atoms with Crippen LogP contribution in [0.25, 0.3) is 0 Å². The van der Waals surface area contributed by atoms with Gasteiger partial charge < -0.3 is 14.4 Å². The van der Waals surface area contributed by atoms with Crippen molar-refractivity contribution in [2.75, 3.05) is 45.4 Å². The highest BCUT2D eigenvalue weighted by Crippen LogP contribution is 2.29. The third kappa shape index (κ3) is 4.01. The van der Waals surface area contributed by atoms with Crippen LogP contribution in [0, 0.1) is 5.82 Å². The lowest BCUT2D eigenvalue weighted by Gasteiger charge is -2.27. The summed E-state index contributed by atoms with van der Waals surface area (Å²) >= 11 is 0. The van der Waals surface area contributed by atoms with Crippen LogP contribution in [0.3, 0.4) is 0 Å². The van der Waals surface area contributed by atoms with Crippen molar-refractivity contribution in [1.82, 2.24) is 4.31 Å². The van der Waals surface area contributed by atoms with Gasteiger partial charge in [-0.2, -0.15) is 4.31 Å². The first-order valence-corrected chi connectivity index (χ1v) is 10.1. The number of ether oxygens (including phenoxy) is 2. The van der Waals surface area contributed by atoms with E-state index in [2.05, 4.69) is 0 Å². The molecule has 7 nitrogen and oxygen atoms in total. The summed E-state index contributed by atoms with van der Waals surface area (Å²) < 4.78 is 50.9. The van der Waals surface area contributed by atoms with Gasteiger partial charge in [0.1, 0.15) is 16.5 Å². The minimum absolute atomic E-state index is 0.0738. The van der Waals surface area contributed by atoms with Crippen LogP contribution >= 0.6 is 0 Å². The number of morpholine rings is 1. The first kappa shape index (κ1) is 20.2. The van der Waals surface area contributed by atoms with Crippen LogP contribution in [0.15, 0.2) is 47.4 Å². The molecule has 0 saturated carbocycles. The molecule has 0 spiro atoms. The van der Waals surface area contributed by atoms with Gasteiger partial charge in [-0.05, 0) is 42.5 Å². The highest BCUT2D eigenvalue weighted by molar-refractivity contribution is 7.89. The molecule has 0 bridgehead atoms. The number of nitrogens with zero attached hydrogens (tertiary/aromatic N) is 2. The quantitative estimate of drug-likeness (QED) is 0.758. The molecule has 9 heteroatoms. The molecule has 150 valence electrons. The van der Waals surface area contributed by atoms with Crippen LogP contribution in [0.4, 0.5) is 10.1 Å². The number of halogens is 1. The molecule has 28 heavy (non-hydrogen) atoms. The topological polar surface area (TPSA) is 76.2 Å². The Morgan fingerprint density at radius 1 is 1.14 bits per heavy atom. The van der Waals surface area contributed by atoms with E-state index in [1.807, 2.05) is 0 Å². The predicted molar refractivity (Wildman–Crippen MR) is 102 cm³/mol. The van der Waals surface area contributed by atoms with Crippen LogP contribution in [0.1, 0.15) is 10.4 Å². The number of anilines is 1. The van der Waals surface area contributed by atoms with Crippen molar-refractivity contribution in [2.24, 2.45) is 0 Å². The van der Waals surface area contributed by atoms with Gasteiger partial charge in [0, 0.05) is 31.4 Å². The lowest BCUT2D eigenvalue weighted by molar-refractivity contribution is 0.0729. The van der Waals surface area contributed by atoms with Gasteiger partial charge in [0.25, 0.3) is 5.91 Å². The molecule has 0 aliphatic carbocycles. The van der Waals surface area contributed by atoms with Gasteiger partial charge >= 0.3 is 0 Å². The number of benzene rings is 2. The maximum Gasteiger partial charge on any atom is 0.258 e. The molecule has 0 aromatic heterocycles. The molecule has 1 fully saturated rings. The van der Waals surface area contributed by atoms with Gasteiger partial charge in [-0.25, -0.2) is 12.8 Å².